The van der Waals surface area contributed by atoms with Crippen molar-refractivity contribution in [3.63, 3.8) is 0 Å². The van der Waals surface area contributed by atoms with Crippen LogP contribution in [0.15, 0.2) is 24.3 Å². The first-order valence-electron chi connectivity index (χ1n) is 7.17. The molecule has 2 rings (SSSR count). The third-order valence-electron chi connectivity index (χ3n) is 3.94. The summed E-state index contributed by atoms with van der Waals surface area (Å²) < 4.78 is 0. The van der Waals surface area contributed by atoms with E-state index in [2.05, 4.69) is 5.32 Å². The van der Waals surface area contributed by atoms with Crippen molar-refractivity contribution in [1.29, 1.82) is 0 Å². The van der Waals surface area contributed by atoms with Gasteiger partial charge >= 0.3 is 0 Å². The maximum absolute atomic E-state index is 12.6. The molecule has 0 radical (unpaired) electrons. The smallest absolute Gasteiger partial charge is 0.245 e. The second-order valence-electron chi connectivity index (χ2n) is 5.47. The SMILES string of the molecule is CCC1NC(=O)CC(C)N(Cc2ccccc2C)C1=O. The normalized spacial score (nSPS) is 23.4. The molecule has 2 atom stereocenters. The van der Waals surface area contributed by atoms with Crippen LogP contribution in [0.3, 0.4) is 0 Å². The van der Waals surface area contributed by atoms with Crippen LogP contribution in [0, 0.1) is 6.92 Å². The largest absolute Gasteiger partial charge is 0.344 e. The molecule has 4 nitrogen and oxygen atoms in total. The Morgan fingerprint density at radius 3 is 2.65 bits per heavy atom. The minimum atomic E-state index is -0.392. The van der Waals surface area contributed by atoms with E-state index in [4.69, 9.17) is 0 Å². The van der Waals surface area contributed by atoms with Crippen LogP contribution in [0.25, 0.3) is 0 Å². The average molecular weight is 274 g/mol. The molecule has 1 heterocycles. The molecule has 4 heteroatoms. The predicted molar refractivity (Wildman–Crippen MR) is 78.0 cm³/mol. The highest BCUT2D eigenvalue weighted by molar-refractivity contribution is 5.90. The fourth-order valence-corrected chi connectivity index (χ4v) is 2.59. The molecule has 0 saturated carbocycles. The Bertz CT molecular complexity index is 513. The summed E-state index contributed by atoms with van der Waals surface area (Å²) >= 11 is 0. The van der Waals surface area contributed by atoms with Gasteiger partial charge in [-0.1, -0.05) is 31.2 Å². The number of hydrogen-bond donors (Lipinski definition) is 1. The summed E-state index contributed by atoms with van der Waals surface area (Å²) in [7, 11) is 0. The molecular formula is C16H22N2O2. The third-order valence-corrected chi connectivity index (χ3v) is 3.94. The van der Waals surface area contributed by atoms with Crippen molar-refractivity contribution < 1.29 is 9.59 Å². The molecule has 0 bridgehead atoms. The lowest BCUT2D eigenvalue weighted by Crippen LogP contribution is -2.45. The number of carbonyl (C=O) groups excluding carboxylic acids is 2. The molecule has 2 amide bonds. The van der Waals surface area contributed by atoms with Gasteiger partial charge in [0, 0.05) is 19.0 Å². The van der Waals surface area contributed by atoms with Gasteiger partial charge in [-0.3, -0.25) is 9.59 Å². The van der Waals surface area contributed by atoms with Gasteiger partial charge in [0.2, 0.25) is 11.8 Å². The Morgan fingerprint density at radius 1 is 1.30 bits per heavy atom. The molecule has 1 saturated heterocycles. The summed E-state index contributed by atoms with van der Waals surface area (Å²) in [4.78, 5) is 26.2. The van der Waals surface area contributed by atoms with E-state index in [1.54, 1.807) is 0 Å². The van der Waals surface area contributed by atoms with Crippen LogP contribution >= 0.6 is 0 Å². The summed E-state index contributed by atoms with van der Waals surface area (Å²) in [6.45, 7) is 6.47. The van der Waals surface area contributed by atoms with Crippen molar-refractivity contribution in [2.24, 2.45) is 0 Å². The Balaban J connectivity index is 2.25. The molecule has 0 aliphatic carbocycles. The molecule has 108 valence electrons. The number of benzene rings is 1. The van der Waals surface area contributed by atoms with Crippen LogP contribution in [0.1, 0.15) is 37.8 Å². The van der Waals surface area contributed by atoms with Gasteiger partial charge in [0.05, 0.1) is 0 Å². The molecule has 1 aliphatic heterocycles. The lowest BCUT2D eigenvalue weighted by molar-refractivity contribution is -0.135. The zero-order valence-corrected chi connectivity index (χ0v) is 12.3. The van der Waals surface area contributed by atoms with Crippen molar-refractivity contribution in [1.82, 2.24) is 10.2 Å². The Labute approximate surface area is 120 Å². The van der Waals surface area contributed by atoms with Gasteiger partial charge in [-0.2, -0.15) is 0 Å². The van der Waals surface area contributed by atoms with Crippen LogP contribution in [0.2, 0.25) is 0 Å². The van der Waals surface area contributed by atoms with E-state index >= 15 is 0 Å². The van der Waals surface area contributed by atoms with Gasteiger partial charge in [-0.25, -0.2) is 0 Å². The zero-order chi connectivity index (χ0) is 14.7. The highest BCUT2D eigenvalue weighted by Gasteiger charge is 2.32. The first-order chi connectivity index (χ1) is 9.52. The van der Waals surface area contributed by atoms with Crippen LogP contribution in [-0.2, 0) is 16.1 Å². The van der Waals surface area contributed by atoms with E-state index in [9.17, 15) is 9.59 Å². The molecule has 20 heavy (non-hydrogen) atoms. The number of amides is 2. The maximum atomic E-state index is 12.6. The van der Waals surface area contributed by atoms with Crippen molar-refractivity contribution in [3.05, 3.63) is 35.4 Å². The van der Waals surface area contributed by atoms with E-state index in [-0.39, 0.29) is 17.9 Å². The van der Waals surface area contributed by atoms with Gasteiger partial charge in [-0.15, -0.1) is 0 Å². The second kappa shape index (κ2) is 6.07. The summed E-state index contributed by atoms with van der Waals surface area (Å²) in [5.74, 6) is -0.0147. The van der Waals surface area contributed by atoms with Gasteiger partial charge in [0.1, 0.15) is 6.04 Å². The van der Waals surface area contributed by atoms with Gasteiger partial charge in [0.15, 0.2) is 0 Å². The van der Waals surface area contributed by atoms with Crippen LogP contribution in [0.4, 0.5) is 0 Å². The molecule has 1 aromatic rings. The van der Waals surface area contributed by atoms with Crippen molar-refractivity contribution in [2.75, 3.05) is 0 Å². The monoisotopic (exact) mass is 274 g/mol. The summed E-state index contributed by atoms with van der Waals surface area (Å²) in [6.07, 6.45) is 0.996. The molecule has 1 aliphatic rings. The topological polar surface area (TPSA) is 49.4 Å². The summed E-state index contributed by atoms with van der Waals surface area (Å²) in [5, 5.41) is 2.81. The van der Waals surface area contributed by atoms with Crippen LogP contribution in [0.5, 0.6) is 0 Å². The van der Waals surface area contributed by atoms with Crippen LogP contribution < -0.4 is 5.32 Å². The number of rotatable bonds is 3. The van der Waals surface area contributed by atoms with Crippen LogP contribution in [-0.4, -0.2) is 28.8 Å². The van der Waals surface area contributed by atoms with Crippen molar-refractivity contribution in [2.45, 2.75) is 52.2 Å². The van der Waals surface area contributed by atoms with E-state index in [0.29, 0.717) is 19.4 Å². The number of nitrogens with one attached hydrogen (secondary N) is 1. The second-order valence-corrected chi connectivity index (χ2v) is 5.47. The zero-order valence-electron chi connectivity index (χ0n) is 12.3. The Morgan fingerprint density at radius 2 is 2.00 bits per heavy atom. The first kappa shape index (κ1) is 14.6. The van der Waals surface area contributed by atoms with E-state index < -0.39 is 6.04 Å². The molecule has 1 fully saturated rings. The molecule has 0 spiro atoms. The highest BCUT2D eigenvalue weighted by Crippen LogP contribution is 2.18. The van der Waals surface area contributed by atoms with Gasteiger partial charge in [0.25, 0.3) is 0 Å². The standard InChI is InChI=1S/C16H22N2O2/c1-4-14-16(20)18(12(3)9-15(19)17-14)10-13-8-6-5-7-11(13)2/h5-8,12,14H,4,9-10H2,1-3H3,(H,17,19). The summed E-state index contributed by atoms with van der Waals surface area (Å²) in [5.41, 5.74) is 2.31. The minimum absolute atomic E-state index is 0.0223. The molecule has 1 N–H and O–H groups in total. The highest BCUT2D eigenvalue weighted by atomic mass is 16.2. The van der Waals surface area contributed by atoms with Crippen molar-refractivity contribution >= 4 is 11.8 Å². The lowest BCUT2D eigenvalue weighted by atomic mass is 10.1. The molecular weight excluding hydrogens is 252 g/mol. The maximum Gasteiger partial charge on any atom is 0.245 e. The quantitative estimate of drug-likeness (QED) is 0.916. The number of carbonyl (C=O) groups is 2. The Kier molecular flexibility index (Phi) is 4.42. The molecule has 2 unspecified atom stereocenters. The fourth-order valence-electron chi connectivity index (χ4n) is 2.59. The average Bonchev–Trinajstić information content (AvgIpc) is 2.51. The predicted octanol–water partition coefficient (Wildman–Crippen LogP) is 2.01. The van der Waals surface area contributed by atoms with E-state index in [1.165, 1.54) is 5.56 Å². The van der Waals surface area contributed by atoms with E-state index in [0.717, 1.165) is 5.56 Å². The van der Waals surface area contributed by atoms with E-state index in [1.807, 2.05) is 49.9 Å². The lowest BCUT2D eigenvalue weighted by Gasteiger charge is -2.29. The number of nitrogens with zero attached hydrogens (tertiary/aromatic N) is 1. The van der Waals surface area contributed by atoms with Gasteiger partial charge < -0.3 is 10.2 Å². The minimum Gasteiger partial charge on any atom is -0.344 e. The molecule has 0 aromatic heterocycles. The fraction of sp³-hybridized carbons (Fsp3) is 0.500. The first-order valence-corrected chi connectivity index (χ1v) is 7.17. The number of hydrogen-bond acceptors (Lipinski definition) is 2. The third kappa shape index (κ3) is 3.00. The molecule has 1 aromatic carbocycles. The Hall–Kier alpha value is -1.84. The van der Waals surface area contributed by atoms with Crippen molar-refractivity contribution in [3.8, 4) is 0 Å². The number of aryl methyl sites for hydroxylation is 1. The summed E-state index contributed by atoms with van der Waals surface area (Å²) in [6, 6.07) is 7.59. The van der Waals surface area contributed by atoms with Gasteiger partial charge in [-0.05, 0) is 31.4 Å².